The lowest BCUT2D eigenvalue weighted by molar-refractivity contribution is -0.123. The van der Waals surface area contributed by atoms with Gasteiger partial charge in [0.2, 0.25) is 11.8 Å². The fourth-order valence-corrected chi connectivity index (χ4v) is 1.20. The van der Waals surface area contributed by atoms with Gasteiger partial charge in [-0.25, -0.2) is 0 Å². The topological polar surface area (TPSA) is 82.0 Å². The summed E-state index contributed by atoms with van der Waals surface area (Å²) in [6, 6.07) is 0. The largest absolute Gasteiger partial charge is 0.369 e. The third-order valence-electron chi connectivity index (χ3n) is 2.35. The molecule has 0 aliphatic carbocycles. The molecule has 2 N–H and O–H groups in total. The first-order chi connectivity index (χ1) is 7.04. The summed E-state index contributed by atoms with van der Waals surface area (Å²) in [5.41, 5.74) is 4.37. The van der Waals surface area contributed by atoms with Gasteiger partial charge in [-0.3, -0.25) is 4.79 Å². The van der Waals surface area contributed by atoms with Crippen LogP contribution in [0, 0.1) is 0 Å². The quantitative estimate of drug-likeness (QED) is 0.732. The molecule has 0 aliphatic rings. The van der Waals surface area contributed by atoms with Gasteiger partial charge in [0.1, 0.15) is 5.41 Å². The van der Waals surface area contributed by atoms with Crippen LogP contribution in [0.4, 0.5) is 0 Å². The normalized spacial score (nSPS) is 14.5. The van der Waals surface area contributed by atoms with Crippen LogP contribution in [0.1, 0.15) is 32.0 Å². The van der Waals surface area contributed by atoms with Crippen LogP contribution >= 0.6 is 0 Å². The molecule has 1 heterocycles. The smallest absolute Gasteiger partial charge is 0.242 e. The van der Waals surface area contributed by atoms with E-state index in [9.17, 15) is 4.79 Å². The first-order valence-electron chi connectivity index (χ1n) is 4.78. The van der Waals surface area contributed by atoms with Gasteiger partial charge in [-0.1, -0.05) is 18.2 Å². The molecule has 1 unspecified atom stereocenters. The van der Waals surface area contributed by atoms with Crippen molar-refractivity contribution in [3.8, 4) is 0 Å². The molecule has 1 amide bonds. The maximum atomic E-state index is 11.4. The second-order valence-corrected chi connectivity index (χ2v) is 3.56. The highest BCUT2D eigenvalue weighted by molar-refractivity contribution is 5.85. The summed E-state index contributed by atoms with van der Waals surface area (Å²) in [5, 5.41) is 3.74. The number of nitrogens with two attached hydrogens (primary N) is 1. The van der Waals surface area contributed by atoms with E-state index >= 15 is 0 Å². The number of nitrogens with zero attached hydrogens (tertiary/aromatic N) is 2. The first kappa shape index (κ1) is 11.4. The van der Waals surface area contributed by atoms with Gasteiger partial charge < -0.3 is 10.3 Å². The van der Waals surface area contributed by atoms with Crippen LogP contribution in [-0.4, -0.2) is 16.0 Å². The summed E-state index contributed by atoms with van der Waals surface area (Å²) < 4.78 is 5.02. The molecule has 0 radical (unpaired) electrons. The van der Waals surface area contributed by atoms with Crippen molar-refractivity contribution in [2.75, 3.05) is 0 Å². The molecule has 0 aromatic carbocycles. The average molecular weight is 209 g/mol. The van der Waals surface area contributed by atoms with E-state index in [1.54, 1.807) is 13.0 Å². The summed E-state index contributed by atoms with van der Waals surface area (Å²) in [5.74, 6) is 0.335. The van der Waals surface area contributed by atoms with Gasteiger partial charge in [-0.15, -0.1) is 6.58 Å². The Morgan fingerprint density at radius 1 is 1.73 bits per heavy atom. The second kappa shape index (κ2) is 4.25. The summed E-state index contributed by atoms with van der Waals surface area (Å²) >= 11 is 0. The summed E-state index contributed by atoms with van der Waals surface area (Å²) in [4.78, 5) is 15.5. The zero-order chi connectivity index (χ0) is 11.5. The van der Waals surface area contributed by atoms with Crippen molar-refractivity contribution in [1.29, 1.82) is 0 Å². The summed E-state index contributed by atoms with van der Waals surface area (Å²) in [7, 11) is 0. The second-order valence-electron chi connectivity index (χ2n) is 3.56. The highest BCUT2D eigenvalue weighted by Crippen LogP contribution is 2.26. The number of carbonyl (C=O) groups is 1. The Hall–Kier alpha value is -1.65. The Labute approximate surface area is 88.3 Å². The lowest BCUT2D eigenvalue weighted by Crippen LogP contribution is -2.38. The molecule has 0 spiro atoms. The maximum absolute atomic E-state index is 11.4. The molecule has 0 bridgehead atoms. The lowest BCUT2D eigenvalue weighted by Gasteiger charge is -2.18. The number of aryl methyl sites for hydroxylation is 1. The van der Waals surface area contributed by atoms with Crippen molar-refractivity contribution < 1.29 is 9.32 Å². The van der Waals surface area contributed by atoms with Crippen molar-refractivity contribution >= 4 is 5.91 Å². The molecule has 15 heavy (non-hydrogen) atoms. The number of rotatable bonds is 5. The number of hydrogen-bond donors (Lipinski definition) is 1. The molecule has 1 rings (SSSR count). The minimum Gasteiger partial charge on any atom is -0.369 e. The maximum Gasteiger partial charge on any atom is 0.242 e. The van der Waals surface area contributed by atoms with Gasteiger partial charge in [0.15, 0.2) is 5.82 Å². The minimum absolute atomic E-state index is 0.256. The van der Waals surface area contributed by atoms with Gasteiger partial charge in [0.05, 0.1) is 0 Å². The molecule has 1 atom stereocenters. The molecule has 1 aromatic heterocycles. The van der Waals surface area contributed by atoms with E-state index in [0.29, 0.717) is 18.7 Å². The van der Waals surface area contributed by atoms with Gasteiger partial charge >= 0.3 is 0 Å². The highest BCUT2D eigenvalue weighted by atomic mass is 16.5. The molecule has 0 aliphatic heterocycles. The lowest BCUT2D eigenvalue weighted by atomic mass is 9.86. The molecular weight excluding hydrogens is 194 g/mol. The zero-order valence-electron chi connectivity index (χ0n) is 8.99. The van der Waals surface area contributed by atoms with Crippen LogP contribution in [0.5, 0.6) is 0 Å². The fraction of sp³-hybridized carbons (Fsp3) is 0.500. The standard InChI is InChI=1S/C10H15N3O2/c1-4-6-10(3,8(11)14)9-12-7(5-2)13-15-9/h4H,1,5-6H2,2-3H3,(H2,11,14). The number of allylic oxidation sites excluding steroid dienone is 1. The van der Waals surface area contributed by atoms with Crippen LogP contribution in [0.25, 0.3) is 0 Å². The van der Waals surface area contributed by atoms with Gasteiger partial charge in [0.25, 0.3) is 0 Å². The van der Waals surface area contributed by atoms with E-state index in [0.717, 1.165) is 0 Å². The van der Waals surface area contributed by atoms with Gasteiger partial charge in [0, 0.05) is 6.42 Å². The monoisotopic (exact) mass is 209 g/mol. The van der Waals surface area contributed by atoms with Crippen molar-refractivity contribution in [2.45, 2.75) is 32.1 Å². The average Bonchev–Trinajstić information content (AvgIpc) is 2.66. The Balaban J connectivity index is 3.08. The summed E-state index contributed by atoms with van der Waals surface area (Å²) in [6.07, 6.45) is 2.65. The van der Waals surface area contributed by atoms with E-state index in [2.05, 4.69) is 16.7 Å². The Morgan fingerprint density at radius 3 is 2.80 bits per heavy atom. The molecule has 0 saturated carbocycles. The van der Waals surface area contributed by atoms with E-state index in [4.69, 9.17) is 10.3 Å². The third-order valence-corrected chi connectivity index (χ3v) is 2.35. The van der Waals surface area contributed by atoms with Crippen LogP contribution in [0.2, 0.25) is 0 Å². The molecule has 0 fully saturated rings. The third kappa shape index (κ3) is 2.06. The Bertz CT molecular complexity index is 372. The van der Waals surface area contributed by atoms with Crippen LogP contribution < -0.4 is 5.73 Å². The highest BCUT2D eigenvalue weighted by Gasteiger charge is 2.37. The van der Waals surface area contributed by atoms with E-state index in [-0.39, 0.29) is 5.89 Å². The predicted octanol–water partition coefficient (Wildman–Crippen LogP) is 0.951. The van der Waals surface area contributed by atoms with E-state index < -0.39 is 11.3 Å². The minimum atomic E-state index is -0.956. The van der Waals surface area contributed by atoms with E-state index in [1.165, 1.54) is 0 Å². The van der Waals surface area contributed by atoms with Crippen LogP contribution in [-0.2, 0) is 16.6 Å². The fourth-order valence-electron chi connectivity index (χ4n) is 1.20. The first-order valence-corrected chi connectivity index (χ1v) is 4.78. The summed E-state index contributed by atoms with van der Waals surface area (Å²) in [6.45, 7) is 7.16. The number of primary amides is 1. The van der Waals surface area contributed by atoms with Crippen molar-refractivity contribution in [1.82, 2.24) is 10.1 Å². The number of aromatic nitrogens is 2. The van der Waals surface area contributed by atoms with Crippen molar-refractivity contribution in [2.24, 2.45) is 5.73 Å². The number of hydrogen-bond acceptors (Lipinski definition) is 4. The molecule has 5 heteroatoms. The van der Waals surface area contributed by atoms with Crippen LogP contribution in [0.3, 0.4) is 0 Å². The number of carbonyl (C=O) groups excluding carboxylic acids is 1. The Morgan fingerprint density at radius 2 is 2.40 bits per heavy atom. The van der Waals surface area contributed by atoms with E-state index in [1.807, 2.05) is 6.92 Å². The van der Waals surface area contributed by atoms with Crippen molar-refractivity contribution in [3.05, 3.63) is 24.4 Å². The SMILES string of the molecule is C=CCC(C)(C(N)=O)c1nc(CC)no1. The van der Waals surface area contributed by atoms with Crippen molar-refractivity contribution in [3.63, 3.8) is 0 Å². The zero-order valence-corrected chi connectivity index (χ0v) is 8.99. The number of amides is 1. The molecule has 82 valence electrons. The molecule has 5 nitrogen and oxygen atoms in total. The Kier molecular flexibility index (Phi) is 3.24. The van der Waals surface area contributed by atoms with Crippen LogP contribution in [0.15, 0.2) is 17.2 Å². The molecular formula is C10H15N3O2. The molecule has 1 aromatic rings. The predicted molar refractivity (Wildman–Crippen MR) is 55.0 cm³/mol. The van der Waals surface area contributed by atoms with Gasteiger partial charge in [-0.2, -0.15) is 4.98 Å². The molecule has 0 saturated heterocycles. The van der Waals surface area contributed by atoms with Gasteiger partial charge in [-0.05, 0) is 13.3 Å².